The van der Waals surface area contributed by atoms with Crippen molar-refractivity contribution in [2.45, 2.75) is 25.3 Å². The van der Waals surface area contributed by atoms with Crippen LogP contribution in [0, 0.1) is 5.92 Å². The Morgan fingerprint density at radius 3 is 2.43 bits per heavy atom. The summed E-state index contributed by atoms with van der Waals surface area (Å²) < 4.78 is 0. The lowest BCUT2D eigenvalue weighted by Crippen LogP contribution is -2.34. The van der Waals surface area contributed by atoms with Crippen LogP contribution in [-0.4, -0.2) is 12.6 Å². The van der Waals surface area contributed by atoms with Gasteiger partial charge in [-0.2, -0.15) is 0 Å². The Morgan fingerprint density at radius 2 is 2.14 bits per heavy atom. The summed E-state index contributed by atoms with van der Waals surface area (Å²) in [6, 6.07) is 0.944. The topological polar surface area (TPSA) is 12.0 Å². The van der Waals surface area contributed by atoms with Gasteiger partial charge in [0.15, 0.2) is 0 Å². The zero-order valence-corrected chi connectivity index (χ0v) is 4.48. The van der Waals surface area contributed by atoms with Gasteiger partial charge in [-0.05, 0) is 31.7 Å². The highest BCUT2D eigenvalue weighted by atomic mass is 15.0. The van der Waals surface area contributed by atoms with Gasteiger partial charge in [0.1, 0.15) is 0 Å². The molecule has 1 aliphatic carbocycles. The molecule has 0 spiro atoms. The summed E-state index contributed by atoms with van der Waals surface area (Å²) in [4.78, 5) is 0. The van der Waals surface area contributed by atoms with E-state index in [2.05, 4.69) is 5.32 Å². The molecule has 1 heteroatoms. The molecule has 0 aromatic heterocycles. The maximum Gasteiger partial charge on any atom is 0.00959 e. The van der Waals surface area contributed by atoms with E-state index in [0.717, 1.165) is 12.0 Å². The van der Waals surface area contributed by atoms with E-state index in [1.165, 1.54) is 25.8 Å². The van der Waals surface area contributed by atoms with Gasteiger partial charge in [0.2, 0.25) is 0 Å². The lowest BCUT2D eigenvalue weighted by molar-refractivity contribution is 0.276. The molecule has 0 amide bonds. The second-order valence-electron chi connectivity index (χ2n) is 2.69. The van der Waals surface area contributed by atoms with Gasteiger partial charge in [0.25, 0.3) is 0 Å². The summed E-state index contributed by atoms with van der Waals surface area (Å²) in [6.07, 6.45) is 4.40. The van der Waals surface area contributed by atoms with Crippen molar-refractivity contribution in [3.05, 3.63) is 0 Å². The van der Waals surface area contributed by atoms with E-state index in [9.17, 15) is 0 Å². The molecule has 2 fully saturated rings. The van der Waals surface area contributed by atoms with Crippen LogP contribution in [0.3, 0.4) is 0 Å². The lowest BCUT2D eigenvalue weighted by Gasteiger charge is -2.29. The van der Waals surface area contributed by atoms with E-state index >= 15 is 0 Å². The minimum atomic E-state index is 0.944. The second kappa shape index (κ2) is 1.22. The first-order chi connectivity index (χ1) is 3.47. The summed E-state index contributed by atoms with van der Waals surface area (Å²) in [5, 5.41) is 3.46. The quantitative estimate of drug-likeness (QED) is 0.470. The molecule has 2 aliphatic rings. The molecule has 0 bridgehead atoms. The number of fused-ring (bicyclic) bond motifs is 1. The molecule has 0 radical (unpaired) electrons. The molecule has 7 heavy (non-hydrogen) atoms. The van der Waals surface area contributed by atoms with Crippen molar-refractivity contribution in [3.8, 4) is 0 Å². The Bertz CT molecular complexity index is 70.2. The van der Waals surface area contributed by atoms with Crippen molar-refractivity contribution in [2.24, 2.45) is 5.92 Å². The molecule has 0 aromatic carbocycles. The van der Waals surface area contributed by atoms with Crippen LogP contribution >= 0.6 is 0 Å². The van der Waals surface area contributed by atoms with Crippen LogP contribution in [0.2, 0.25) is 0 Å². The first-order valence-electron chi connectivity index (χ1n) is 3.20. The molecule has 1 N–H and O–H groups in total. The summed E-state index contributed by atoms with van der Waals surface area (Å²) in [5.41, 5.74) is 0. The standard InChI is InChI=1S/C6H11N/c1-2-6-5(1)3-4-7-6/h5-7H,1-4H2. The molecule has 1 aliphatic heterocycles. The Balaban J connectivity index is 2.03. The van der Waals surface area contributed by atoms with Gasteiger partial charge in [-0.25, -0.2) is 0 Å². The van der Waals surface area contributed by atoms with E-state index in [0.29, 0.717) is 0 Å². The summed E-state index contributed by atoms with van der Waals surface area (Å²) in [7, 11) is 0. The highest BCUT2D eigenvalue weighted by Gasteiger charge is 2.33. The number of rotatable bonds is 0. The fourth-order valence-corrected chi connectivity index (χ4v) is 1.64. The molecule has 1 nitrogen and oxygen atoms in total. The van der Waals surface area contributed by atoms with Crippen LogP contribution in [0.25, 0.3) is 0 Å². The molecule has 2 atom stereocenters. The molecule has 40 valence electrons. The second-order valence-corrected chi connectivity index (χ2v) is 2.69. The monoisotopic (exact) mass is 97.1 g/mol. The van der Waals surface area contributed by atoms with E-state index in [1.807, 2.05) is 0 Å². The molecule has 2 rings (SSSR count). The van der Waals surface area contributed by atoms with Crippen molar-refractivity contribution in [1.82, 2.24) is 5.32 Å². The fourth-order valence-electron chi connectivity index (χ4n) is 1.64. The van der Waals surface area contributed by atoms with E-state index in [4.69, 9.17) is 0 Å². The minimum absolute atomic E-state index is 0.944. The molecular formula is C6H11N. The fraction of sp³-hybridized carbons (Fsp3) is 1.00. The predicted molar refractivity (Wildman–Crippen MR) is 29.1 cm³/mol. The van der Waals surface area contributed by atoms with Crippen molar-refractivity contribution >= 4 is 0 Å². The Hall–Kier alpha value is -0.0400. The number of nitrogens with one attached hydrogen (secondary N) is 1. The van der Waals surface area contributed by atoms with Gasteiger partial charge in [-0.3, -0.25) is 0 Å². The van der Waals surface area contributed by atoms with Gasteiger partial charge in [0.05, 0.1) is 0 Å². The molecule has 2 unspecified atom stereocenters. The third kappa shape index (κ3) is 0.418. The third-order valence-corrected chi connectivity index (χ3v) is 2.34. The van der Waals surface area contributed by atoms with Crippen molar-refractivity contribution < 1.29 is 0 Å². The van der Waals surface area contributed by atoms with Gasteiger partial charge in [-0.1, -0.05) is 0 Å². The van der Waals surface area contributed by atoms with Gasteiger partial charge in [0, 0.05) is 6.04 Å². The Morgan fingerprint density at radius 1 is 1.14 bits per heavy atom. The average Bonchev–Trinajstić information content (AvgIpc) is 1.85. The maximum atomic E-state index is 3.46. The normalized spacial score (nSPS) is 48.0. The minimum Gasteiger partial charge on any atom is -0.314 e. The molecule has 1 saturated heterocycles. The highest BCUT2D eigenvalue weighted by Crippen LogP contribution is 2.33. The predicted octanol–water partition coefficient (Wildman–Crippen LogP) is 0.758. The number of hydrogen-bond acceptors (Lipinski definition) is 1. The van der Waals surface area contributed by atoms with E-state index in [-0.39, 0.29) is 0 Å². The molecule has 0 aromatic rings. The van der Waals surface area contributed by atoms with Gasteiger partial charge >= 0.3 is 0 Å². The van der Waals surface area contributed by atoms with Crippen LogP contribution in [0.4, 0.5) is 0 Å². The smallest absolute Gasteiger partial charge is 0.00959 e. The summed E-state index contributed by atoms with van der Waals surface area (Å²) in [5.74, 6) is 1.08. The van der Waals surface area contributed by atoms with Crippen molar-refractivity contribution in [1.29, 1.82) is 0 Å². The highest BCUT2D eigenvalue weighted by molar-refractivity contribution is 4.91. The summed E-state index contributed by atoms with van der Waals surface area (Å²) >= 11 is 0. The molecule has 1 saturated carbocycles. The van der Waals surface area contributed by atoms with E-state index in [1.54, 1.807) is 0 Å². The SMILES string of the molecule is C1CC2CCC2N1. The van der Waals surface area contributed by atoms with Crippen LogP contribution in [0.1, 0.15) is 19.3 Å². The zero-order valence-electron chi connectivity index (χ0n) is 4.48. The van der Waals surface area contributed by atoms with Gasteiger partial charge in [-0.15, -0.1) is 0 Å². The zero-order chi connectivity index (χ0) is 4.69. The van der Waals surface area contributed by atoms with Crippen LogP contribution in [0.15, 0.2) is 0 Å². The molecular weight excluding hydrogens is 86.1 g/mol. The largest absolute Gasteiger partial charge is 0.314 e. The van der Waals surface area contributed by atoms with Crippen LogP contribution < -0.4 is 5.32 Å². The van der Waals surface area contributed by atoms with Gasteiger partial charge < -0.3 is 5.32 Å². The third-order valence-electron chi connectivity index (χ3n) is 2.34. The Labute approximate surface area is 44.1 Å². The Kier molecular flexibility index (Phi) is 0.680. The first-order valence-corrected chi connectivity index (χ1v) is 3.20. The lowest BCUT2D eigenvalue weighted by atomic mass is 9.81. The van der Waals surface area contributed by atoms with Crippen molar-refractivity contribution in [3.63, 3.8) is 0 Å². The maximum absolute atomic E-state index is 3.46. The summed E-state index contributed by atoms with van der Waals surface area (Å²) in [6.45, 7) is 1.29. The number of hydrogen-bond donors (Lipinski definition) is 1. The van der Waals surface area contributed by atoms with Crippen molar-refractivity contribution in [2.75, 3.05) is 6.54 Å². The average molecular weight is 97.2 g/mol. The first kappa shape index (κ1) is 3.90. The van der Waals surface area contributed by atoms with Crippen LogP contribution in [-0.2, 0) is 0 Å². The van der Waals surface area contributed by atoms with Crippen LogP contribution in [0.5, 0.6) is 0 Å². The van der Waals surface area contributed by atoms with E-state index < -0.39 is 0 Å². The molecule has 1 heterocycles.